The smallest absolute Gasteiger partial charge is 0.280 e. The van der Waals surface area contributed by atoms with E-state index in [1.54, 1.807) is 9.47 Å². The topological polar surface area (TPSA) is 103 Å². The highest BCUT2D eigenvalue weighted by molar-refractivity contribution is 6.01. The number of carbonyl (C=O) groups excluding carboxylic acids is 2. The number of aliphatic hydroxyl groups excluding tert-OH is 1. The Balaban J connectivity index is 1.53. The van der Waals surface area contributed by atoms with E-state index in [2.05, 4.69) is 15.3 Å². The molecule has 6 rings (SSSR count). The number of halogens is 2. The zero-order chi connectivity index (χ0) is 23.1. The predicted octanol–water partition coefficient (Wildman–Crippen LogP) is 2.11. The van der Waals surface area contributed by atoms with Gasteiger partial charge in [0.1, 0.15) is 0 Å². The maximum absolute atomic E-state index is 13.0. The minimum absolute atomic E-state index is 0.0376. The van der Waals surface area contributed by atoms with Gasteiger partial charge in [-0.15, -0.1) is 0 Å². The lowest BCUT2D eigenvalue weighted by atomic mass is 9.90. The Bertz CT molecular complexity index is 1290. The molecule has 33 heavy (non-hydrogen) atoms. The molecule has 10 heteroatoms. The van der Waals surface area contributed by atoms with Gasteiger partial charge >= 0.3 is 0 Å². The lowest BCUT2D eigenvalue weighted by molar-refractivity contribution is -0.125. The zero-order valence-corrected chi connectivity index (χ0v) is 17.7. The molecule has 172 valence electrons. The molecule has 8 nitrogen and oxygen atoms in total. The van der Waals surface area contributed by atoms with Gasteiger partial charge in [0.25, 0.3) is 12.3 Å². The van der Waals surface area contributed by atoms with Crippen molar-refractivity contribution < 1.29 is 23.5 Å². The number of rotatable bonds is 6. The van der Waals surface area contributed by atoms with Crippen molar-refractivity contribution in [2.45, 2.75) is 37.9 Å². The van der Waals surface area contributed by atoms with Gasteiger partial charge in [0, 0.05) is 42.6 Å². The van der Waals surface area contributed by atoms with E-state index in [9.17, 15) is 23.5 Å². The molecule has 0 aliphatic carbocycles. The van der Waals surface area contributed by atoms with Gasteiger partial charge in [-0.25, -0.2) is 8.78 Å². The van der Waals surface area contributed by atoms with E-state index < -0.39 is 12.3 Å². The quantitative estimate of drug-likeness (QED) is 0.530. The number of nitrogens with zero attached hydrogens (tertiary/aromatic N) is 3. The van der Waals surface area contributed by atoms with Gasteiger partial charge in [0.2, 0.25) is 11.5 Å². The van der Waals surface area contributed by atoms with E-state index in [1.165, 1.54) is 18.2 Å². The number of piperidine rings is 1. The fourth-order valence-electron chi connectivity index (χ4n) is 4.42. The third-order valence-corrected chi connectivity index (χ3v) is 6.14. The molecule has 2 bridgehead atoms. The van der Waals surface area contributed by atoms with Crippen molar-refractivity contribution in [2.24, 2.45) is 4.99 Å². The second-order valence-corrected chi connectivity index (χ2v) is 8.32. The van der Waals surface area contributed by atoms with Crippen molar-refractivity contribution in [3.63, 3.8) is 0 Å². The first kappa shape index (κ1) is 21.5. The molecule has 0 radical (unpaired) electrons. The minimum atomic E-state index is -2.68. The highest BCUT2D eigenvalue weighted by atomic mass is 19.3. The van der Waals surface area contributed by atoms with Crippen LogP contribution < -0.4 is 15.8 Å². The molecule has 2 atom stereocenters. The summed E-state index contributed by atoms with van der Waals surface area (Å²) in [5, 5.41) is 12.5. The maximum Gasteiger partial charge on any atom is 0.280 e. The Labute approximate surface area is 187 Å². The number of carbonyl (C=O) groups is 2. The zero-order valence-electron chi connectivity index (χ0n) is 17.7. The number of aromatic amines is 1. The van der Waals surface area contributed by atoms with Crippen molar-refractivity contribution in [1.82, 2.24) is 14.9 Å². The van der Waals surface area contributed by atoms with Crippen LogP contribution in [0.5, 0.6) is 0 Å². The first-order valence-corrected chi connectivity index (χ1v) is 10.8. The first-order valence-electron chi connectivity index (χ1n) is 10.8. The number of H-pyrrole nitrogens is 1. The Kier molecular flexibility index (Phi) is 5.55. The molecule has 3 fully saturated rings. The number of aliphatic hydroxyl groups is 1. The van der Waals surface area contributed by atoms with E-state index in [4.69, 9.17) is 0 Å². The largest absolute Gasteiger partial charge is 0.396 e. The minimum Gasteiger partial charge on any atom is -0.396 e. The van der Waals surface area contributed by atoms with Crippen molar-refractivity contribution in [3.8, 4) is 0 Å². The summed E-state index contributed by atoms with van der Waals surface area (Å²) in [4.78, 5) is 34.4. The molecule has 3 aliphatic rings. The standard InChI is InChI=1S/C23H23F2N5O3/c24-20(25)13-3-1-4-14(9-13)21(32)28-23-27-17-11-16(5-6-19(17)29(23)7-2-8-31)30-12-15-10-18(26-15)22(30)33/h1,3-6,9,11,15,18,20,26,31H,2,7-8,10,12H2,(H,27,28,32). The van der Waals surface area contributed by atoms with Crippen LogP contribution in [0.1, 0.15) is 35.2 Å². The lowest BCUT2D eigenvalue weighted by Gasteiger charge is -2.47. The van der Waals surface area contributed by atoms with Crippen molar-refractivity contribution in [1.29, 1.82) is 0 Å². The number of imidazole rings is 1. The Morgan fingerprint density at radius 1 is 1.24 bits per heavy atom. The number of aryl methyl sites for hydroxylation is 1. The monoisotopic (exact) mass is 455 g/mol. The molecule has 1 aromatic heterocycles. The van der Waals surface area contributed by atoms with Crippen LogP contribution in [0.4, 0.5) is 14.5 Å². The molecule has 3 N–H and O–H groups in total. The Hall–Kier alpha value is -3.37. The van der Waals surface area contributed by atoms with Crippen molar-refractivity contribution in [2.75, 3.05) is 18.1 Å². The summed E-state index contributed by atoms with van der Waals surface area (Å²) in [6.45, 7) is 0.956. The van der Waals surface area contributed by atoms with Crippen LogP contribution in [-0.2, 0) is 11.3 Å². The van der Waals surface area contributed by atoms with E-state index in [0.717, 1.165) is 23.7 Å². The summed E-state index contributed by atoms with van der Waals surface area (Å²) in [7, 11) is 0. The molecular formula is C23H23F2N5O3. The average molecular weight is 455 g/mol. The summed E-state index contributed by atoms with van der Waals surface area (Å²) >= 11 is 0. The molecule has 2 aromatic carbocycles. The van der Waals surface area contributed by atoms with Gasteiger partial charge in [-0.05, 0) is 43.2 Å². The number of hydrogen-bond acceptors (Lipinski definition) is 4. The first-order chi connectivity index (χ1) is 15.9. The number of amides is 2. The summed E-state index contributed by atoms with van der Waals surface area (Å²) in [5.41, 5.74) is 2.25. The molecule has 0 saturated carbocycles. The Morgan fingerprint density at radius 3 is 2.79 bits per heavy atom. The SMILES string of the molecule is O=C(/N=c1\[nH]c2cc(N3CC4CC(N4)C3=O)ccc2n1CCCO)c1cccc(C(F)F)c1. The number of anilines is 1. The lowest BCUT2D eigenvalue weighted by Crippen LogP contribution is -2.70. The summed E-state index contributed by atoms with van der Waals surface area (Å²) < 4.78 is 27.8. The van der Waals surface area contributed by atoms with Crippen molar-refractivity contribution >= 4 is 28.5 Å². The number of alkyl halides is 2. The molecular weight excluding hydrogens is 432 g/mol. The number of nitrogens with one attached hydrogen (secondary N) is 2. The maximum atomic E-state index is 13.0. The van der Waals surface area contributed by atoms with Gasteiger partial charge in [0.15, 0.2) is 0 Å². The van der Waals surface area contributed by atoms with E-state index >= 15 is 0 Å². The number of fused-ring (bicyclic) bond motifs is 3. The summed E-state index contributed by atoms with van der Waals surface area (Å²) in [5.74, 6) is -0.616. The third kappa shape index (κ3) is 3.96. The van der Waals surface area contributed by atoms with Gasteiger partial charge in [-0.3, -0.25) is 9.59 Å². The van der Waals surface area contributed by atoms with Crippen LogP contribution in [0.15, 0.2) is 47.5 Å². The molecule has 3 aromatic rings. The summed E-state index contributed by atoms with van der Waals surface area (Å²) in [6.07, 6.45) is -1.38. The van der Waals surface area contributed by atoms with Crippen LogP contribution in [0, 0.1) is 0 Å². The van der Waals surface area contributed by atoms with Crippen LogP contribution in [0.3, 0.4) is 0 Å². The molecule has 4 heterocycles. The van der Waals surface area contributed by atoms with Gasteiger partial charge in [-0.1, -0.05) is 12.1 Å². The van der Waals surface area contributed by atoms with Crippen LogP contribution >= 0.6 is 0 Å². The highest BCUT2D eigenvalue weighted by Gasteiger charge is 2.43. The Morgan fingerprint density at radius 2 is 2.06 bits per heavy atom. The second kappa shape index (κ2) is 8.53. The predicted molar refractivity (Wildman–Crippen MR) is 117 cm³/mol. The molecule has 3 saturated heterocycles. The summed E-state index contributed by atoms with van der Waals surface area (Å²) in [6, 6.07) is 10.9. The number of benzene rings is 2. The molecule has 3 aliphatic heterocycles. The van der Waals surface area contributed by atoms with Crippen LogP contribution in [0.2, 0.25) is 0 Å². The van der Waals surface area contributed by atoms with Gasteiger partial charge in [-0.2, -0.15) is 4.99 Å². The fraction of sp³-hybridized carbons (Fsp3) is 0.348. The molecule has 0 spiro atoms. The number of aromatic nitrogens is 2. The van der Waals surface area contributed by atoms with Gasteiger partial charge in [0.05, 0.1) is 17.1 Å². The van der Waals surface area contributed by atoms with Crippen LogP contribution in [-0.4, -0.2) is 51.7 Å². The number of piperazine rings is 1. The van der Waals surface area contributed by atoms with E-state index in [-0.39, 0.29) is 35.3 Å². The van der Waals surface area contributed by atoms with Crippen molar-refractivity contribution in [3.05, 3.63) is 59.2 Å². The van der Waals surface area contributed by atoms with Gasteiger partial charge < -0.3 is 24.9 Å². The highest BCUT2D eigenvalue weighted by Crippen LogP contribution is 2.29. The number of hydrogen-bond donors (Lipinski definition) is 3. The molecule has 2 amide bonds. The molecule has 2 unspecified atom stereocenters. The van der Waals surface area contributed by atoms with E-state index in [0.29, 0.717) is 31.1 Å². The van der Waals surface area contributed by atoms with Crippen LogP contribution in [0.25, 0.3) is 11.0 Å². The fourth-order valence-corrected chi connectivity index (χ4v) is 4.42. The average Bonchev–Trinajstić information content (AvgIpc) is 3.12. The normalized spacial score (nSPS) is 20.5. The third-order valence-electron chi connectivity index (χ3n) is 6.14. The second-order valence-electron chi connectivity index (χ2n) is 8.32. The van der Waals surface area contributed by atoms with E-state index in [1.807, 2.05) is 18.2 Å².